The Hall–Kier alpha value is -2.82. The minimum atomic E-state index is -0.582. The molecule has 0 fully saturated rings. The first kappa shape index (κ1) is 23.5. The number of rotatable bonds is 11. The Labute approximate surface area is 180 Å². The van der Waals surface area contributed by atoms with Gasteiger partial charge in [-0.15, -0.1) is 0 Å². The van der Waals surface area contributed by atoms with Gasteiger partial charge in [-0.3, -0.25) is 9.59 Å². The summed E-state index contributed by atoms with van der Waals surface area (Å²) < 4.78 is 5.72. The summed E-state index contributed by atoms with van der Waals surface area (Å²) in [6, 6.07) is 15.1. The molecule has 1 unspecified atom stereocenters. The van der Waals surface area contributed by atoms with E-state index >= 15 is 0 Å². The molecular formula is C25H34N2O3. The van der Waals surface area contributed by atoms with Crippen molar-refractivity contribution in [3.63, 3.8) is 0 Å². The zero-order valence-corrected chi connectivity index (χ0v) is 18.6. The maximum atomic E-state index is 13.0. The van der Waals surface area contributed by atoms with Gasteiger partial charge < -0.3 is 15.0 Å². The summed E-state index contributed by atoms with van der Waals surface area (Å²) in [5.74, 6) is 0.294. The molecule has 5 heteroatoms. The molecule has 0 aromatic heterocycles. The lowest BCUT2D eigenvalue weighted by atomic mass is 10.1. The highest BCUT2D eigenvalue weighted by molar-refractivity contribution is 5.87. The predicted octanol–water partition coefficient (Wildman–Crippen LogP) is 4.27. The Morgan fingerprint density at radius 1 is 1.07 bits per heavy atom. The number of nitrogens with zero attached hydrogens (tertiary/aromatic N) is 1. The van der Waals surface area contributed by atoms with Crippen molar-refractivity contribution in [1.29, 1.82) is 0 Å². The van der Waals surface area contributed by atoms with Crippen LogP contribution >= 0.6 is 0 Å². The number of benzene rings is 2. The molecule has 0 saturated carbocycles. The molecule has 0 saturated heterocycles. The van der Waals surface area contributed by atoms with Gasteiger partial charge in [0, 0.05) is 13.1 Å². The topological polar surface area (TPSA) is 58.6 Å². The average Bonchev–Trinajstić information content (AvgIpc) is 2.75. The van der Waals surface area contributed by atoms with Crippen molar-refractivity contribution < 1.29 is 14.3 Å². The van der Waals surface area contributed by atoms with Crippen LogP contribution in [0.2, 0.25) is 0 Å². The molecule has 0 aliphatic heterocycles. The molecule has 2 rings (SSSR count). The number of unbranched alkanes of at least 4 members (excludes halogenated alkanes) is 1. The first-order valence-electron chi connectivity index (χ1n) is 10.8. The third-order valence-corrected chi connectivity index (χ3v) is 5.13. The molecule has 1 N–H and O–H groups in total. The third-order valence-electron chi connectivity index (χ3n) is 5.13. The van der Waals surface area contributed by atoms with Crippen molar-refractivity contribution in [2.24, 2.45) is 0 Å². The number of hydrogen-bond acceptors (Lipinski definition) is 3. The van der Waals surface area contributed by atoms with Crippen LogP contribution in [0.4, 0.5) is 0 Å². The lowest BCUT2D eigenvalue weighted by Crippen LogP contribution is -2.49. The maximum Gasteiger partial charge on any atom is 0.261 e. The fourth-order valence-corrected chi connectivity index (χ4v) is 3.18. The Morgan fingerprint density at radius 2 is 1.80 bits per heavy atom. The van der Waals surface area contributed by atoms with Gasteiger partial charge in [-0.2, -0.15) is 0 Å². The van der Waals surface area contributed by atoms with Crippen LogP contribution in [0.5, 0.6) is 5.75 Å². The van der Waals surface area contributed by atoms with Gasteiger partial charge in [0.25, 0.3) is 5.91 Å². The van der Waals surface area contributed by atoms with E-state index in [9.17, 15) is 9.59 Å². The molecule has 0 heterocycles. The minimum absolute atomic E-state index is 0.107. The van der Waals surface area contributed by atoms with Crippen molar-refractivity contribution in [2.45, 2.75) is 59.5 Å². The summed E-state index contributed by atoms with van der Waals surface area (Å²) in [7, 11) is 0. The second-order valence-corrected chi connectivity index (χ2v) is 7.62. The number of hydrogen-bond donors (Lipinski definition) is 1. The van der Waals surface area contributed by atoms with Crippen LogP contribution in [-0.4, -0.2) is 35.9 Å². The molecule has 0 radical (unpaired) electrons. The maximum absolute atomic E-state index is 13.0. The van der Waals surface area contributed by atoms with E-state index in [2.05, 4.69) is 19.2 Å². The number of carbonyl (C=O) groups is 2. The zero-order chi connectivity index (χ0) is 21.9. The van der Waals surface area contributed by atoms with Crippen LogP contribution in [0.1, 0.15) is 50.3 Å². The second kappa shape index (κ2) is 12.0. The summed E-state index contributed by atoms with van der Waals surface area (Å²) in [5.41, 5.74) is 3.32. The van der Waals surface area contributed by atoms with E-state index in [4.69, 9.17) is 4.74 Å². The average molecular weight is 411 g/mol. The molecule has 5 nitrogen and oxygen atoms in total. The van der Waals surface area contributed by atoms with Crippen LogP contribution in [0.25, 0.3) is 0 Å². The molecule has 30 heavy (non-hydrogen) atoms. The fourth-order valence-electron chi connectivity index (χ4n) is 3.18. The van der Waals surface area contributed by atoms with Gasteiger partial charge in [0.1, 0.15) is 11.8 Å². The van der Waals surface area contributed by atoms with E-state index in [0.29, 0.717) is 18.8 Å². The van der Waals surface area contributed by atoms with E-state index in [0.717, 1.165) is 30.4 Å². The summed E-state index contributed by atoms with van der Waals surface area (Å²) >= 11 is 0. The van der Waals surface area contributed by atoms with Gasteiger partial charge in [0.15, 0.2) is 6.61 Å². The van der Waals surface area contributed by atoms with Crippen molar-refractivity contribution in [3.05, 3.63) is 65.2 Å². The fraction of sp³-hybridized carbons (Fsp3) is 0.440. The Kier molecular flexibility index (Phi) is 9.39. The van der Waals surface area contributed by atoms with E-state index in [1.807, 2.05) is 55.5 Å². The van der Waals surface area contributed by atoms with Crippen LogP contribution in [0.3, 0.4) is 0 Å². The molecule has 162 valence electrons. The van der Waals surface area contributed by atoms with Crippen molar-refractivity contribution in [3.8, 4) is 5.75 Å². The predicted molar refractivity (Wildman–Crippen MR) is 120 cm³/mol. The molecule has 2 amide bonds. The third kappa shape index (κ3) is 7.21. The van der Waals surface area contributed by atoms with Gasteiger partial charge in [0.2, 0.25) is 5.91 Å². The van der Waals surface area contributed by atoms with E-state index < -0.39 is 6.04 Å². The highest BCUT2D eigenvalue weighted by Gasteiger charge is 2.26. The van der Waals surface area contributed by atoms with Crippen molar-refractivity contribution in [2.75, 3.05) is 13.2 Å². The molecule has 0 spiro atoms. The lowest BCUT2D eigenvalue weighted by Gasteiger charge is -2.29. The summed E-state index contributed by atoms with van der Waals surface area (Å²) in [6.07, 6.45) is 2.88. The number of amides is 2. The monoisotopic (exact) mass is 410 g/mol. The van der Waals surface area contributed by atoms with Gasteiger partial charge in [-0.05, 0) is 49.9 Å². The highest BCUT2D eigenvalue weighted by Crippen LogP contribution is 2.15. The minimum Gasteiger partial charge on any atom is -0.484 e. The largest absolute Gasteiger partial charge is 0.484 e. The Morgan fingerprint density at radius 3 is 2.43 bits per heavy atom. The summed E-state index contributed by atoms with van der Waals surface area (Å²) in [5, 5.41) is 2.93. The van der Waals surface area contributed by atoms with Gasteiger partial charge in [-0.1, -0.05) is 62.2 Å². The Balaban J connectivity index is 2.09. The number of carbonyl (C=O) groups excluding carboxylic acids is 2. The quantitative estimate of drug-likeness (QED) is 0.563. The first-order valence-corrected chi connectivity index (χ1v) is 10.8. The van der Waals surface area contributed by atoms with Crippen LogP contribution in [-0.2, 0) is 22.6 Å². The molecule has 0 bridgehead atoms. The standard InChI is InChI=1S/C25H34N2O3/c1-5-7-15-26-25(29)20(4)27(17-22-10-8-9-19(3)16-22)24(28)18-30-23-13-11-21(6-2)12-14-23/h8-14,16,20H,5-7,15,17-18H2,1-4H3,(H,26,29). The van der Waals surface area contributed by atoms with Crippen LogP contribution < -0.4 is 10.1 Å². The molecular weight excluding hydrogens is 376 g/mol. The van der Waals surface area contributed by atoms with Gasteiger partial charge in [0.05, 0.1) is 0 Å². The normalized spacial score (nSPS) is 11.6. The number of aryl methyl sites for hydroxylation is 2. The highest BCUT2D eigenvalue weighted by atomic mass is 16.5. The van der Waals surface area contributed by atoms with Gasteiger partial charge >= 0.3 is 0 Å². The second-order valence-electron chi connectivity index (χ2n) is 7.62. The first-order chi connectivity index (χ1) is 14.4. The summed E-state index contributed by atoms with van der Waals surface area (Å²) in [4.78, 5) is 27.2. The smallest absolute Gasteiger partial charge is 0.261 e. The van der Waals surface area contributed by atoms with Gasteiger partial charge in [-0.25, -0.2) is 0 Å². The molecule has 2 aromatic carbocycles. The number of nitrogens with one attached hydrogen (secondary N) is 1. The summed E-state index contributed by atoms with van der Waals surface area (Å²) in [6.45, 7) is 8.82. The van der Waals surface area contributed by atoms with Crippen molar-refractivity contribution in [1.82, 2.24) is 10.2 Å². The molecule has 1 atom stereocenters. The molecule has 2 aromatic rings. The van der Waals surface area contributed by atoms with E-state index in [-0.39, 0.29) is 18.4 Å². The Bertz CT molecular complexity index is 817. The van der Waals surface area contributed by atoms with Crippen LogP contribution in [0, 0.1) is 6.92 Å². The number of ether oxygens (including phenoxy) is 1. The molecule has 0 aliphatic rings. The van der Waals surface area contributed by atoms with E-state index in [1.54, 1.807) is 11.8 Å². The SMILES string of the molecule is CCCCNC(=O)C(C)N(Cc1cccc(C)c1)C(=O)COc1ccc(CC)cc1. The van der Waals surface area contributed by atoms with Crippen LogP contribution in [0.15, 0.2) is 48.5 Å². The zero-order valence-electron chi connectivity index (χ0n) is 18.6. The van der Waals surface area contributed by atoms with E-state index in [1.165, 1.54) is 5.56 Å². The lowest BCUT2D eigenvalue weighted by molar-refractivity contribution is -0.142. The van der Waals surface area contributed by atoms with Crippen molar-refractivity contribution >= 4 is 11.8 Å². The molecule has 0 aliphatic carbocycles.